The Hall–Kier alpha value is -1.59. The molecule has 1 heterocycles. The summed E-state index contributed by atoms with van der Waals surface area (Å²) >= 11 is 0. The minimum Gasteiger partial charge on any atom is -0.339 e. The Balaban J connectivity index is 0.00000225. The minimum atomic E-state index is 0. The summed E-state index contributed by atoms with van der Waals surface area (Å²) in [6, 6.07) is 21.3. The number of rotatable bonds is 9. The van der Waals surface area contributed by atoms with Gasteiger partial charge >= 0.3 is 0 Å². The number of benzene rings is 2. The average Bonchev–Trinajstić information content (AvgIpc) is 2.74. The van der Waals surface area contributed by atoms with Crippen molar-refractivity contribution in [3.05, 3.63) is 71.8 Å². The van der Waals surface area contributed by atoms with Gasteiger partial charge in [0.25, 0.3) is 0 Å². The minimum absolute atomic E-state index is 0. The number of hydrogen-bond donors (Lipinski definition) is 1. The van der Waals surface area contributed by atoms with Gasteiger partial charge in [-0.15, -0.1) is 24.8 Å². The lowest BCUT2D eigenvalue weighted by molar-refractivity contribution is -0.135. The summed E-state index contributed by atoms with van der Waals surface area (Å²) in [6.45, 7) is 7.07. The first kappa shape index (κ1) is 26.4. The van der Waals surface area contributed by atoms with Crippen molar-refractivity contribution in [2.24, 2.45) is 0 Å². The summed E-state index contributed by atoms with van der Waals surface area (Å²) in [5.41, 5.74) is 2.49. The van der Waals surface area contributed by atoms with Crippen LogP contribution in [-0.2, 0) is 17.9 Å². The molecule has 6 heteroatoms. The van der Waals surface area contributed by atoms with Crippen LogP contribution in [0.5, 0.6) is 0 Å². The topological polar surface area (TPSA) is 35.6 Å². The summed E-state index contributed by atoms with van der Waals surface area (Å²) in [6.07, 6.45) is 3.12. The molecule has 0 aliphatic carbocycles. The zero-order chi connectivity index (χ0) is 19.6. The van der Waals surface area contributed by atoms with Crippen LogP contribution in [0.4, 0.5) is 0 Å². The number of hydrogen-bond acceptors (Lipinski definition) is 3. The molecule has 1 saturated heterocycles. The van der Waals surface area contributed by atoms with Crippen LogP contribution in [0, 0.1) is 0 Å². The van der Waals surface area contributed by atoms with E-state index in [2.05, 4.69) is 70.6 Å². The van der Waals surface area contributed by atoms with Crippen molar-refractivity contribution < 1.29 is 4.79 Å². The van der Waals surface area contributed by atoms with Crippen LogP contribution in [0.2, 0.25) is 0 Å². The smallest absolute Gasteiger partial charge is 0.237 e. The van der Waals surface area contributed by atoms with E-state index >= 15 is 0 Å². The van der Waals surface area contributed by atoms with E-state index in [0.29, 0.717) is 12.6 Å². The van der Waals surface area contributed by atoms with Crippen LogP contribution >= 0.6 is 24.8 Å². The predicted molar refractivity (Wildman–Crippen MR) is 129 cm³/mol. The molecule has 0 spiro atoms. The molecular weight excluding hydrogens is 417 g/mol. The lowest BCUT2D eigenvalue weighted by Gasteiger charge is -2.36. The first-order valence-electron chi connectivity index (χ1n) is 10.6. The van der Waals surface area contributed by atoms with E-state index < -0.39 is 0 Å². The molecule has 0 radical (unpaired) electrons. The normalized spacial score (nSPS) is 13.9. The maximum atomic E-state index is 13.3. The van der Waals surface area contributed by atoms with Crippen molar-refractivity contribution in [3.8, 4) is 0 Å². The number of piperidine rings is 1. The molecule has 0 aromatic heterocycles. The molecule has 1 fully saturated rings. The fraction of sp³-hybridized carbons (Fsp3) is 0.458. The fourth-order valence-corrected chi connectivity index (χ4v) is 4.00. The van der Waals surface area contributed by atoms with Gasteiger partial charge in [-0.3, -0.25) is 9.69 Å². The molecule has 0 unspecified atom stereocenters. The van der Waals surface area contributed by atoms with Gasteiger partial charge in [-0.05, 0) is 43.5 Å². The van der Waals surface area contributed by atoms with Gasteiger partial charge < -0.3 is 10.2 Å². The van der Waals surface area contributed by atoms with E-state index in [0.717, 1.165) is 52.0 Å². The van der Waals surface area contributed by atoms with Crippen LogP contribution in [0.15, 0.2) is 60.7 Å². The van der Waals surface area contributed by atoms with Gasteiger partial charge in [0.15, 0.2) is 0 Å². The monoisotopic (exact) mass is 451 g/mol. The molecule has 1 aliphatic heterocycles. The molecule has 1 N–H and O–H groups in total. The fourth-order valence-electron chi connectivity index (χ4n) is 4.00. The predicted octanol–water partition coefficient (Wildman–Crippen LogP) is 4.52. The van der Waals surface area contributed by atoms with E-state index in [1.165, 1.54) is 11.1 Å². The van der Waals surface area contributed by atoms with Crippen LogP contribution < -0.4 is 5.32 Å². The van der Waals surface area contributed by atoms with Gasteiger partial charge in [-0.2, -0.15) is 0 Å². The quantitative estimate of drug-likeness (QED) is 0.608. The number of carbonyl (C=O) groups excluding carboxylic acids is 1. The second-order valence-corrected chi connectivity index (χ2v) is 7.68. The van der Waals surface area contributed by atoms with Crippen molar-refractivity contribution in [1.29, 1.82) is 0 Å². The Labute approximate surface area is 193 Å². The number of nitrogens with one attached hydrogen (secondary N) is 1. The van der Waals surface area contributed by atoms with Gasteiger partial charge in [-0.1, -0.05) is 67.6 Å². The standard InChI is InChI=1S/C24H33N3O.2ClH/c1-2-17-27(23-13-15-25-16-14-23)24(28)20-26(18-21-9-5-3-6-10-21)19-22-11-7-4-8-12-22;;/h3-12,23,25H,2,13-20H2,1H3;2*1H. The molecule has 2 aromatic carbocycles. The highest BCUT2D eigenvalue weighted by atomic mass is 35.5. The van der Waals surface area contributed by atoms with Gasteiger partial charge in [0.05, 0.1) is 6.54 Å². The largest absolute Gasteiger partial charge is 0.339 e. The maximum Gasteiger partial charge on any atom is 0.237 e. The summed E-state index contributed by atoms with van der Waals surface area (Å²) in [5, 5.41) is 3.41. The van der Waals surface area contributed by atoms with Crippen LogP contribution in [0.1, 0.15) is 37.3 Å². The molecule has 0 atom stereocenters. The summed E-state index contributed by atoms with van der Waals surface area (Å²) in [4.78, 5) is 17.7. The second-order valence-electron chi connectivity index (χ2n) is 7.68. The van der Waals surface area contributed by atoms with Gasteiger partial charge in [0.1, 0.15) is 0 Å². The molecule has 0 bridgehead atoms. The highest BCUT2D eigenvalue weighted by molar-refractivity contribution is 5.85. The molecule has 30 heavy (non-hydrogen) atoms. The lowest BCUT2D eigenvalue weighted by Crippen LogP contribution is -2.49. The highest BCUT2D eigenvalue weighted by Gasteiger charge is 2.26. The second kappa shape index (κ2) is 14.4. The Kier molecular flexibility index (Phi) is 12.7. The lowest BCUT2D eigenvalue weighted by atomic mass is 10.0. The van der Waals surface area contributed by atoms with Crippen molar-refractivity contribution in [1.82, 2.24) is 15.1 Å². The number of amides is 1. The van der Waals surface area contributed by atoms with E-state index in [4.69, 9.17) is 0 Å². The van der Waals surface area contributed by atoms with E-state index in [-0.39, 0.29) is 30.7 Å². The van der Waals surface area contributed by atoms with Crippen LogP contribution in [0.3, 0.4) is 0 Å². The molecule has 1 amide bonds. The Morgan fingerprint density at radius 2 is 1.40 bits per heavy atom. The molecule has 0 saturated carbocycles. The maximum absolute atomic E-state index is 13.3. The molecule has 1 aliphatic rings. The van der Waals surface area contributed by atoms with Crippen molar-refractivity contribution >= 4 is 30.7 Å². The first-order valence-corrected chi connectivity index (χ1v) is 10.6. The van der Waals surface area contributed by atoms with Gasteiger partial charge in [0, 0.05) is 25.7 Å². The number of nitrogens with zero attached hydrogens (tertiary/aromatic N) is 2. The summed E-state index contributed by atoms with van der Waals surface area (Å²) < 4.78 is 0. The summed E-state index contributed by atoms with van der Waals surface area (Å²) in [5.74, 6) is 0.264. The number of halogens is 2. The van der Waals surface area contributed by atoms with E-state index in [9.17, 15) is 4.79 Å². The Bertz CT molecular complexity index is 667. The first-order chi connectivity index (χ1) is 13.8. The van der Waals surface area contributed by atoms with Crippen molar-refractivity contribution in [2.75, 3.05) is 26.2 Å². The zero-order valence-electron chi connectivity index (χ0n) is 17.8. The molecular formula is C24H35Cl2N3O. The molecule has 2 aromatic rings. The third-order valence-corrected chi connectivity index (χ3v) is 5.39. The SMILES string of the molecule is CCCN(C(=O)CN(Cc1ccccc1)Cc1ccccc1)C1CCNCC1.Cl.Cl. The van der Waals surface area contributed by atoms with E-state index in [1.54, 1.807) is 0 Å². The van der Waals surface area contributed by atoms with Gasteiger partial charge in [-0.25, -0.2) is 0 Å². The molecule has 3 rings (SSSR count). The van der Waals surface area contributed by atoms with Gasteiger partial charge in [0.2, 0.25) is 5.91 Å². The molecule has 4 nitrogen and oxygen atoms in total. The van der Waals surface area contributed by atoms with Crippen LogP contribution in [-0.4, -0.2) is 47.9 Å². The molecule has 166 valence electrons. The van der Waals surface area contributed by atoms with Crippen molar-refractivity contribution in [3.63, 3.8) is 0 Å². The third-order valence-electron chi connectivity index (χ3n) is 5.39. The van der Waals surface area contributed by atoms with E-state index in [1.807, 2.05) is 12.1 Å². The summed E-state index contributed by atoms with van der Waals surface area (Å²) in [7, 11) is 0. The number of carbonyl (C=O) groups is 1. The van der Waals surface area contributed by atoms with Crippen LogP contribution in [0.25, 0.3) is 0 Å². The Morgan fingerprint density at radius 3 is 1.87 bits per heavy atom. The third kappa shape index (κ3) is 8.27. The Morgan fingerprint density at radius 1 is 0.900 bits per heavy atom. The average molecular weight is 452 g/mol. The van der Waals surface area contributed by atoms with Crippen molar-refractivity contribution in [2.45, 2.75) is 45.3 Å². The zero-order valence-corrected chi connectivity index (χ0v) is 19.5. The highest BCUT2D eigenvalue weighted by Crippen LogP contribution is 2.15.